The van der Waals surface area contributed by atoms with Crippen LogP contribution in [0.25, 0.3) is 5.52 Å². The van der Waals surface area contributed by atoms with Gasteiger partial charge in [-0.25, -0.2) is 4.52 Å². The predicted octanol–water partition coefficient (Wildman–Crippen LogP) is 6.55. The zero-order chi connectivity index (χ0) is 25.6. The molecule has 2 aromatic heterocycles. The van der Waals surface area contributed by atoms with E-state index in [0.717, 1.165) is 52.8 Å². The Labute approximate surface area is 220 Å². The van der Waals surface area contributed by atoms with Gasteiger partial charge in [0.15, 0.2) is 0 Å². The second-order valence-electron chi connectivity index (χ2n) is 10.7. The Morgan fingerprint density at radius 1 is 1.00 bits per heavy atom. The lowest BCUT2D eigenvalue weighted by molar-refractivity contribution is 0.294. The molecule has 0 bridgehead atoms. The van der Waals surface area contributed by atoms with E-state index in [1.54, 1.807) is 6.20 Å². The van der Waals surface area contributed by atoms with Crippen molar-refractivity contribution in [2.24, 2.45) is 5.92 Å². The first kappa shape index (κ1) is 25.4. The van der Waals surface area contributed by atoms with Gasteiger partial charge in [0.1, 0.15) is 23.2 Å². The number of nitrogens with one attached hydrogen (secondary N) is 3. The first-order valence-electron chi connectivity index (χ1n) is 14.1. The lowest BCUT2D eigenvalue weighted by Crippen LogP contribution is -2.39. The summed E-state index contributed by atoms with van der Waals surface area (Å²) in [5.41, 5.74) is 4.34. The van der Waals surface area contributed by atoms with Gasteiger partial charge in [-0.15, -0.1) is 0 Å². The standard InChI is InChI=1S/C30H40N6O/c1-3-37-26-15-13-25(14-16-26)35-30-21(2)29(27(19-31)28-17-18-33-36(28)30)34-24-11-9-23(10-12-24)32-20-22-7-5-4-6-8-22/h13-18,22-24,32,34-35H,3-12,20H2,1-2H3. The number of anilines is 3. The van der Waals surface area contributed by atoms with Crippen LogP contribution in [0.5, 0.6) is 5.75 Å². The van der Waals surface area contributed by atoms with E-state index in [9.17, 15) is 5.26 Å². The summed E-state index contributed by atoms with van der Waals surface area (Å²) in [7, 11) is 0. The third kappa shape index (κ3) is 5.86. The largest absolute Gasteiger partial charge is 0.494 e. The second-order valence-corrected chi connectivity index (χ2v) is 10.7. The number of hydrogen-bond acceptors (Lipinski definition) is 6. The van der Waals surface area contributed by atoms with Crippen LogP contribution < -0.4 is 20.7 Å². The average molecular weight is 501 g/mol. The van der Waals surface area contributed by atoms with Gasteiger partial charge in [0, 0.05) is 23.3 Å². The van der Waals surface area contributed by atoms with Crippen molar-refractivity contribution >= 4 is 22.7 Å². The monoisotopic (exact) mass is 500 g/mol. The van der Waals surface area contributed by atoms with Crippen molar-refractivity contribution in [3.63, 3.8) is 0 Å². The van der Waals surface area contributed by atoms with E-state index in [-0.39, 0.29) is 0 Å². The van der Waals surface area contributed by atoms with Crippen LogP contribution in [0, 0.1) is 24.2 Å². The molecule has 2 aliphatic rings. The van der Waals surface area contributed by atoms with Crippen molar-refractivity contribution in [1.29, 1.82) is 5.26 Å². The average Bonchev–Trinajstić information content (AvgIpc) is 3.42. The molecule has 1 aromatic carbocycles. The predicted molar refractivity (Wildman–Crippen MR) is 150 cm³/mol. The highest BCUT2D eigenvalue weighted by Gasteiger charge is 2.25. The molecular formula is C30H40N6O. The molecule has 5 rings (SSSR count). The molecule has 0 saturated heterocycles. The van der Waals surface area contributed by atoms with Crippen molar-refractivity contribution in [3.8, 4) is 11.8 Å². The van der Waals surface area contributed by atoms with Crippen LogP contribution in [-0.4, -0.2) is 34.8 Å². The molecule has 7 heteroatoms. The van der Waals surface area contributed by atoms with Crippen molar-refractivity contribution in [3.05, 3.63) is 47.7 Å². The zero-order valence-corrected chi connectivity index (χ0v) is 22.2. The minimum absolute atomic E-state index is 0.363. The van der Waals surface area contributed by atoms with Crippen LogP contribution >= 0.6 is 0 Å². The molecule has 2 aliphatic carbocycles. The van der Waals surface area contributed by atoms with Gasteiger partial charge in [0.25, 0.3) is 0 Å². The fraction of sp³-hybridized carbons (Fsp3) is 0.533. The maximum atomic E-state index is 10.1. The van der Waals surface area contributed by atoms with E-state index in [4.69, 9.17) is 4.74 Å². The molecule has 2 fully saturated rings. The summed E-state index contributed by atoms with van der Waals surface area (Å²) < 4.78 is 7.42. The Morgan fingerprint density at radius 3 is 2.43 bits per heavy atom. The van der Waals surface area contributed by atoms with Crippen LogP contribution in [0.15, 0.2) is 36.5 Å². The number of fused-ring (bicyclic) bond motifs is 1. The first-order chi connectivity index (χ1) is 18.2. The van der Waals surface area contributed by atoms with Gasteiger partial charge in [-0.2, -0.15) is 10.4 Å². The quantitative estimate of drug-likeness (QED) is 0.309. The summed E-state index contributed by atoms with van der Waals surface area (Å²) in [6.07, 6.45) is 13.3. The van der Waals surface area contributed by atoms with Crippen molar-refractivity contribution < 1.29 is 4.74 Å². The van der Waals surface area contributed by atoms with Crippen molar-refractivity contribution in [2.75, 3.05) is 23.8 Å². The molecule has 37 heavy (non-hydrogen) atoms. The topological polar surface area (TPSA) is 86.4 Å². The minimum Gasteiger partial charge on any atom is -0.494 e. The molecule has 0 atom stereocenters. The third-order valence-corrected chi connectivity index (χ3v) is 8.13. The van der Waals surface area contributed by atoms with Crippen molar-refractivity contribution in [1.82, 2.24) is 14.9 Å². The van der Waals surface area contributed by atoms with Crippen LogP contribution in [-0.2, 0) is 0 Å². The fourth-order valence-corrected chi connectivity index (χ4v) is 6.01. The van der Waals surface area contributed by atoms with E-state index < -0.39 is 0 Å². The van der Waals surface area contributed by atoms with Gasteiger partial charge >= 0.3 is 0 Å². The fourth-order valence-electron chi connectivity index (χ4n) is 6.01. The first-order valence-corrected chi connectivity index (χ1v) is 14.1. The SMILES string of the molecule is CCOc1ccc(Nc2c(C)c(NC3CCC(NCC4CCCCC4)CC3)c(C#N)c3ccnn23)cc1. The highest BCUT2D eigenvalue weighted by atomic mass is 16.5. The van der Waals surface area contributed by atoms with Gasteiger partial charge in [0.05, 0.1) is 24.0 Å². The molecule has 2 saturated carbocycles. The summed E-state index contributed by atoms with van der Waals surface area (Å²) in [6.45, 7) is 5.87. The molecule has 0 amide bonds. The van der Waals surface area contributed by atoms with Gasteiger partial charge in [-0.05, 0) is 95.2 Å². The summed E-state index contributed by atoms with van der Waals surface area (Å²) in [4.78, 5) is 0. The summed E-state index contributed by atoms with van der Waals surface area (Å²) >= 11 is 0. The maximum absolute atomic E-state index is 10.1. The molecule has 3 N–H and O–H groups in total. The Balaban J connectivity index is 1.29. The van der Waals surface area contributed by atoms with E-state index >= 15 is 0 Å². The Kier molecular flexibility index (Phi) is 8.15. The van der Waals surface area contributed by atoms with Gasteiger partial charge in [0.2, 0.25) is 0 Å². The van der Waals surface area contributed by atoms with Crippen LogP contribution in [0.2, 0.25) is 0 Å². The number of nitriles is 1. The smallest absolute Gasteiger partial charge is 0.137 e. The Hall–Kier alpha value is -3.24. The minimum atomic E-state index is 0.363. The van der Waals surface area contributed by atoms with Crippen LogP contribution in [0.1, 0.15) is 75.8 Å². The summed E-state index contributed by atoms with van der Waals surface area (Å²) in [5, 5.41) is 25.8. The molecule has 196 valence electrons. The van der Waals surface area contributed by atoms with E-state index in [0.29, 0.717) is 24.3 Å². The molecular weight excluding hydrogens is 460 g/mol. The van der Waals surface area contributed by atoms with E-state index in [1.807, 2.05) is 41.8 Å². The zero-order valence-electron chi connectivity index (χ0n) is 22.2. The second kappa shape index (κ2) is 11.9. The van der Waals surface area contributed by atoms with Gasteiger partial charge in [-0.1, -0.05) is 19.3 Å². The molecule has 0 radical (unpaired) electrons. The summed E-state index contributed by atoms with van der Waals surface area (Å²) in [6, 6.07) is 13.3. The number of benzene rings is 1. The number of aromatic nitrogens is 2. The number of nitrogens with zero attached hydrogens (tertiary/aromatic N) is 3. The molecule has 0 spiro atoms. The molecule has 7 nitrogen and oxygen atoms in total. The Bertz CT molecular complexity index is 1210. The number of ether oxygens (including phenoxy) is 1. The number of pyridine rings is 1. The van der Waals surface area contributed by atoms with E-state index in [1.165, 1.54) is 51.5 Å². The highest BCUT2D eigenvalue weighted by Crippen LogP contribution is 2.35. The van der Waals surface area contributed by atoms with Gasteiger partial charge < -0.3 is 20.7 Å². The summed E-state index contributed by atoms with van der Waals surface area (Å²) in [5.74, 6) is 2.59. The molecule has 0 unspecified atom stereocenters. The molecule has 0 aliphatic heterocycles. The molecule has 3 aromatic rings. The van der Waals surface area contributed by atoms with Gasteiger partial charge in [-0.3, -0.25) is 0 Å². The third-order valence-electron chi connectivity index (χ3n) is 8.13. The highest BCUT2D eigenvalue weighted by molar-refractivity contribution is 5.82. The lowest BCUT2D eigenvalue weighted by Gasteiger charge is -2.33. The maximum Gasteiger partial charge on any atom is 0.137 e. The number of rotatable bonds is 9. The normalized spacial score (nSPS) is 20.5. The lowest BCUT2D eigenvalue weighted by atomic mass is 9.87. The van der Waals surface area contributed by atoms with E-state index in [2.05, 4.69) is 34.0 Å². The van der Waals surface area contributed by atoms with Crippen LogP contribution in [0.3, 0.4) is 0 Å². The van der Waals surface area contributed by atoms with Crippen molar-refractivity contribution in [2.45, 2.75) is 83.7 Å². The number of hydrogen-bond donors (Lipinski definition) is 3. The van der Waals surface area contributed by atoms with Crippen LogP contribution in [0.4, 0.5) is 17.2 Å². The molecule has 2 heterocycles. The Morgan fingerprint density at radius 2 is 1.73 bits per heavy atom.